The molecule has 1 unspecified atom stereocenters. The van der Waals surface area contributed by atoms with E-state index in [9.17, 15) is 18.0 Å². The summed E-state index contributed by atoms with van der Waals surface area (Å²) in [5.41, 5.74) is 0.0403. The predicted molar refractivity (Wildman–Crippen MR) is 67.1 cm³/mol. The molecule has 1 aliphatic rings. The summed E-state index contributed by atoms with van der Waals surface area (Å²) in [5, 5.41) is 7.93. The van der Waals surface area contributed by atoms with Gasteiger partial charge in [0.05, 0.1) is 0 Å². The van der Waals surface area contributed by atoms with E-state index in [1.807, 2.05) is 0 Å². The number of nitrogens with zero attached hydrogens (tertiary/aromatic N) is 1. The first-order valence-electron chi connectivity index (χ1n) is 5.78. The molecular weight excluding hydrogens is 270 g/mol. The summed E-state index contributed by atoms with van der Waals surface area (Å²) in [7, 11) is -4.27. The van der Waals surface area contributed by atoms with Gasteiger partial charge in [0, 0.05) is 12.1 Å². The summed E-state index contributed by atoms with van der Waals surface area (Å²) in [6.07, 6.45) is 0.675. The Kier molecular flexibility index (Phi) is 3.68. The Labute approximate surface area is 110 Å². The highest BCUT2D eigenvalue weighted by Crippen LogP contribution is 2.23. The molecule has 6 nitrogen and oxygen atoms in total. The Morgan fingerprint density at radius 1 is 1.21 bits per heavy atom. The zero-order valence-corrected chi connectivity index (χ0v) is 10.8. The Bertz CT molecular complexity index is 596. The Morgan fingerprint density at radius 3 is 2.42 bits per heavy atom. The monoisotopic (exact) mass is 283 g/mol. The molecule has 0 bridgehead atoms. The maximum atomic E-state index is 12.2. The van der Waals surface area contributed by atoms with Gasteiger partial charge in [-0.05, 0) is 12.8 Å². The molecular formula is C12H13NO5S. The number of aliphatic carboxylic acids is 1. The largest absolute Gasteiger partial charge is 0.480 e. The van der Waals surface area contributed by atoms with Crippen LogP contribution in [0.5, 0.6) is 0 Å². The van der Waals surface area contributed by atoms with E-state index in [1.54, 1.807) is 18.2 Å². The third-order valence-electron chi connectivity index (χ3n) is 3.04. The van der Waals surface area contributed by atoms with Gasteiger partial charge in [-0.3, -0.25) is 9.59 Å². The minimum absolute atomic E-state index is 0.0403. The lowest BCUT2D eigenvalue weighted by molar-refractivity contribution is -0.140. The lowest BCUT2D eigenvalue weighted by Crippen LogP contribution is -2.43. The Morgan fingerprint density at radius 2 is 1.84 bits per heavy atom. The summed E-state index contributed by atoms with van der Waals surface area (Å²) in [5.74, 6) is -1.22. The van der Waals surface area contributed by atoms with E-state index in [0.717, 1.165) is 4.31 Å². The van der Waals surface area contributed by atoms with Crippen LogP contribution < -0.4 is 0 Å². The van der Waals surface area contributed by atoms with Gasteiger partial charge in [0.15, 0.2) is 0 Å². The molecule has 1 aromatic carbocycles. The first-order chi connectivity index (χ1) is 8.94. The number of hydrogen-bond acceptors (Lipinski definition) is 4. The molecule has 0 radical (unpaired) electrons. The molecule has 2 rings (SSSR count). The van der Waals surface area contributed by atoms with Crippen molar-refractivity contribution in [2.24, 2.45) is 0 Å². The van der Waals surface area contributed by atoms with Gasteiger partial charge in [0.2, 0.25) is 0 Å². The maximum Gasteiger partial charge on any atom is 0.322 e. The number of carboxylic acids is 1. The summed E-state index contributed by atoms with van der Waals surface area (Å²) in [6.45, 7) is 0.0673. The molecule has 1 atom stereocenters. The number of benzene rings is 1. The lowest BCUT2D eigenvalue weighted by Gasteiger charge is -2.19. The second-order valence-electron chi connectivity index (χ2n) is 4.27. The van der Waals surface area contributed by atoms with Gasteiger partial charge >= 0.3 is 5.97 Å². The average molecular weight is 283 g/mol. The van der Waals surface area contributed by atoms with Crippen molar-refractivity contribution < 1.29 is 23.1 Å². The topological polar surface area (TPSA) is 91.8 Å². The molecule has 1 fully saturated rings. The third-order valence-corrected chi connectivity index (χ3v) is 4.80. The van der Waals surface area contributed by atoms with Crippen LogP contribution in [0.1, 0.15) is 23.2 Å². The van der Waals surface area contributed by atoms with Gasteiger partial charge in [-0.1, -0.05) is 30.3 Å². The second-order valence-corrected chi connectivity index (χ2v) is 6.06. The summed E-state index contributed by atoms with van der Waals surface area (Å²) in [6, 6.07) is 6.43. The van der Waals surface area contributed by atoms with E-state index in [2.05, 4.69) is 0 Å². The van der Waals surface area contributed by atoms with Crippen molar-refractivity contribution >= 4 is 21.1 Å². The molecule has 0 aromatic heterocycles. The molecule has 1 saturated heterocycles. The third kappa shape index (κ3) is 2.52. The maximum absolute atomic E-state index is 12.2. The molecule has 7 heteroatoms. The molecule has 1 aliphatic heterocycles. The van der Waals surface area contributed by atoms with Gasteiger partial charge in [0.1, 0.15) is 6.04 Å². The first-order valence-corrected chi connectivity index (χ1v) is 7.22. The predicted octanol–water partition coefficient (Wildman–Crippen LogP) is 0.706. The highest BCUT2D eigenvalue weighted by molar-refractivity contribution is 8.04. The van der Waals surface area contributed by atoms with Crippen molar-refractivity contribution in [3.8, 4) is 0 Å². The minimum Gasteiger partial charge on any atom is -0.480 e. The van der Waals surface area contributed by atoms with Crippen LogP contribution in [0.4, 0.5) is 0 Å². The van der Waals surface area contributed by atoms with Crippen LogP contribution in [-0.2, 0) is 14.8 Å². The van der Waals surface area contributed by atoms with Crippen molar-refractivity contribution in [2.75, 3.05) is 6.54 Å². The zero-order valence-electron chi connectivity index (χ0n) is 10.0. The molecule has 19 heavy (non-hydrogen) atoms. The first kappa shape index (κ1) is 13.7. The Hall–Kier alpha value is -1.73. The zero-order chi connectivity index (χ0) is 14.0. The van der Waals surface area contributed by atoms with Crippen LogP contribution in [0, 0.1) is 0 Å². The standard InChI is InChI=1S/C12H13NO5S/c14-11(15)10-7-4-8-13(10)19(17,18)12(16)9-5-2-1-3-6-9/h1-3,5-6,10H,4,7-8H2,(H,14,15). The van der Waals surface area contributed by atoms with Crippen LogP contribution in [-0.4, -0.2) is 41.5 Å². The van der Waals surface area contributed by atoms with E-state index < -0.39 is 27.1 Å². The number of carbonyl (C=O) groups excluding carboxylic acids is 1. The van der Waals surface area contributed by atoms with Crippen LogP contribution in [0.3, 0.4) is 0 Å². The highest BCUT2D eigenvalue weighted by Gasteiger charge is 2.42. The summed E-state index contributed by atoms with van der Waals surface area (Å²) in [4.78, 5) is 23.0. The minimum atomic E-state index is -4.27. The number of hydrogen-bond donors (Lipinski definition) is 1. The summed E-state index contributed by atoms with van der Waals surface area (Å²) < 4.78 is 25.1. The second kappa shape index (κ2) is 5.10. The SMILES string of the molecule is O=C(O)C1CCCN1S(=O)(=O)C(=O)c1ccccc1. The van der Waals surface area contributed by atoms with E-state index >= 15 is 0 Å². The molecule has 0 spiro atoms. The fourth-order valence-corrected chi connectivity index (χ4v) is 3.65. The molecule has 102 valence electrons. The van der Waals surface area contributed by atoms with E-state index in [4.69, 9.17) is 5.11 Å². The fourth-order valence-electron chi connectivity index (χ4n) is 2.10. The van der Waals surface area contributed by atoms with Crippen LogP contribution in [0.2, 0.25) is 0 Å². The van der Waals surface area contributed by atoms with Crippen molar-refractivity contribution in [2.45, 2.75) is 18.9 Å². The van der Waals surface area contributed by atoms with Crippen molar-refractivity contribution in [1.82, 2.24) is 4.31 Å². The van der Waals surface area contributed by atoms with Gasteiger partial charge in [0.25, 0.3) is 15.1 Å². The summed E-state index contributed by atoms with van der Waals surface area (Å²) >= 11 is 0. The Balaban J connectivity index is 2.33. The van der Waals surface area contributed by atoms with Crippen molar-refractivity contribution in [1.29, 1.82) is 0 Å². The van der Waals surface area contributed by atoms with Gasteiger partial charge in [-0.2, -0.15) is 4.31 Å². The molecule has 1 aromatic rings. The molecule has 1 heterocycles. The average Bonchev–Trinajstić information content (AvgIpc) is 2.89. The van der Waals surface area contributed by atoms with Crippen molar-refractivity contribution in [3.63, 3.8) is 0 Å². The number of carbonyl (C=O) groups is 2. The van der Waals surface area contributed by atoms with E-state index in [-0.39, 0.29) is 18.5 Å². The molecule has 0 saturated carbocycles. The molecule has 0 aliphatic carbocycles. The van der Waals surface area contributed by atoms with Crippen LogP contribution in [0.25, 0.3) is 0 Å². The van der Waals surface area contributed by atoms with Crippen LogP contribution >= 0.6 is 0 Å². The van der Waals surface area contributed by atoms with Gasteiger partial charge in [-0.25, -0.2) is 8.42 Å². The normalized spacial score (nSPS) is 20.3. The molecule has 0 amide bonds. The smallest absolute Gasteiger partial charge is 0.322 e. The molecule has 1 N–H and O–H groups in total. The quantitative estimate of drug-likeness (QED) is 0.881. The van der Waals surface area contributed by atoms with E-state index in [1.165, 1.54) is 12.1 Å². The number of rotatable bonds is 3. The van der Waals surface area contributed by atoms with Gasteiger partial charge < -0.3 is 5.11 Å². The van der Waals surface area contributed by atoms with E-state index in [0.29, 0.717) is 6.42 Å². The number of sulfonamides is 1. The van der Waals surface area contributed by atoms with Crippen LogP contribution in [0.15, 0.2) is 30.3 Å². The fraction of sp³-hybridized carbons (Fsp3) is 0.333. The van der Waals surface area contributed by atoms with Gasteiger partial charge in [-0.15, -0.1) is 0 Å². The number of carboxylic acid groups (broad SMARTS) is 1. The highest BCUT2D eigenvalue weighted by atomic mass is 32.2. The lowest BCUT2D eigenvalue weighted by atomic mass is 10.2. The van der Waals surface area contributed by atoms with Crippen molar-refractivity contribution in [3.05, 3.63) is 35.9 Å².